The van der Waals surface area contributed by atoms with Crippen LogP contribution in [0.1, 0.15) is 37.6 Å². The summed E-state index contributed by atoms with van der Waals surface area (Å²) in [5, 5.41) is 5.55. The molecule has 21 heavy (non-hydrogen) atoms. The Balaban J connectivity index is 1.91. The minimum absolute atomic E-state index is 0.381. The van der Waals surface area contributed by atoms with E-state index in [2.05, 4.69) is 59.9 Å². The zero-order valence-corrected chi connectivity index (χ0v) is 13.2. The summed E-state index contributed by atoms with van der Waals surface area (Å²) in [4.78, 5) is 9.43. The van der Waals surface area contributed by atoms with Crippen LogP contribution in [0.4, 0.5) is 5.82 Å². The molecule has 0 fully saturated rings. The summed E-state index contributed by atoms with van der Waals surface area (Å²) in [5.74, 6) is 2.26. The van der Waals surface area contributed by atoms with Gasteiger partial charge >= 0.3 is 0 Å². The van der Waals surface area contributed by atoms with Gasteiger partial charge in [0, 0.05) is 12.5 Å². The third-order valence-corrected chi connectivity index (χ3v) is 4.59. The molecule has 0 aliphatic carbocycles. The van der Waals surface area contributed by atoms with E-state index in [1.165, 1.54) is 5.56 Å². The van der Waals surface area contributed by atoms with Crippen LogP contribution in [0.15, 0.2) is 41.8 Å². The maximum absolute atomic E-state index is 4.75. The highest BCUT2D eigenvalue weighted by Gasteiger charge is 2.12. The van der Waals surface area contributed by atoms with Crippen molar-refractivity contribution in [1.82, 2.24) is 9.97 Å². The fraction of sp³-hybridized carbons (Fsp3) is 0.294. The Hall–Kier alpha value is -1.94. The van der Waals surface area contributed by atoms with E-state index in [0.29, 0.717) is 5.92 Å². The molecule has 0 amide bonds. The van der Waals surface area contributed by atoms with E-state index in [1.807, 2.05) is 6.07 Å². The number of thiophene rings is 1. The van der Waals surface area contributed by atoms with Crippen LogP contribution < -0.4 is 5.32 Å². The Labute approximate surface area is 129 Å². The van der Waals surface area contributed by atoms with Gasteiger partial charge in [0.1, 0.15) is 11.6 Å². The fourth-order valence-corrected chi connectivity index (χ4v) is 2.98. The van der Waals surface area contributed by atoms with Crippen molar-refractivity contribution < 1.29 is 0 Å². The SMILES string of the molecule is CCC(C)c1nc(NCc2ccccc2)c2sccc2n1. The first-order valence-electron chi connectivity index (χ1n) is 7.31. The van der Waals surface area contributed by atoms with Gasteiger partial charge in [-0.05, 0) is 23.4 Å². The van der Waals surface area contributed by atoms with Gasteiger partial charge in [-0.15, -0.1) is 11.3 Å². The minimum Gasteiger partial charge on any atom is -0.365 e. The normalized spacial score (nSPS) is 12.5. The lowest BCUT2D eigenvalue weighted by Crippen LogP contribution is -2.06. The molecule has 0 aliphatic rings. The van der Waals surface area contributed by atoms with Gasteiger partial charge in [0.05, 0.1) is 10.2 Å². The van der Waals surface area contributed by atoms with E-state index in [-0.39, 0.29) is 0 Å². The van der Waals surface area contributed by atoms with Crippen LogP contribution in [0.25, 0.3) is 10.2 Å². The Morgan fingerprint density at radius 2 is 1.95 bits per heavy atom. The summed E-state index contributed by atoms with van der Waals surface area (Å²) in [6.45, 7) is 5.13. The number of anilines is 1. The highest BCUT2D eigenvalue weighted by molar-refractivity contribution is 7.17. The second kappa shape index (κ2) is 6.22. The monoisotopic (exact) mass is 297 g/mol. The van der Waals surface area contributed by atoms with Crippen LogP contribution in [0, 0.1) is 0 Å². The highest BCUT2D eigenvalue weighted by Crippen LogP contribution is 2.28. The molecule has 0 saturated carbocycles. The number of nitrogens with zero attached hydrogens (tertiary/aromatic N) is 2. The van der Waals surface area contributed by atoms with Crippen LogP contribution in [-0.4, -0.2) is 9.97 Å². The Morgan fingerprint density at radius 3 is 2.71 bits per heavy atom. The second-order valence-electron chi connectivity index (χ2n) is 5.21. The van der Waals surface area contributed by atoms with Gasteiger partial charge in [0.15, 0.2) is 0 Å². The molecule has 0 spiro atoms. The van der Waals surface area contributed by atoms with Crippen molar-refractivity contribution in [3.63, 3.8) is 0 Å². The number of benzene rings is 1. The second-order valence-corrected chi connectivity index (χ2v) is 6.13. The Kier molecular flexibility index (Phi) is 4.15. The zero-order chi connectivity index (χ0) is 14.7. The largest absolute Gasteiger partial charge is 0.365 e. The first-order valence-corrected chi connectivity index (χ1v) is 8.19. The van der Waals surface area contributed by atoms with Crippen LogP contribution >= 0.6 is 11.3 Å². The minimum atomic E-state index is 0.381. The van der Waals surface area contributed by atoms with Crippen molar-refractivity contribution in [3.8, 4) is 0 Å². The zero-order valence-electron chi connectivity index (χ0n) is 12.3. The molecule has 3 rings (SSSR count). The standard InChI is InChI=1S/C17H19N3S/c1-3-12(2)16-19-14-9-10-21-15(14)17(20-16)18-11-13-7-5-4-6-8-13/h4-10,12H,3,11H2,1-2H3,(H,18,19,20). The van der Waals surface area contributed by atoms with E-state index < -0.39 is 0 Å². The predicted octanol–water partition coefficient (Wildman–Crippen LogP) is 4.82. The van der Waals surface area contributed by atoms with Crippen LogP contribution in [0.2, 0.25) is 0 Å². The fourth-order valence-electron chi connectivity index (χ4n) is 2.19. The topological polar surface area (TPSA) is 37.8 Å². The van der Waals surface area contributed by atoms with Crippen molar-refractivity contribution in [2.45, 2.75) is 32.7 Å². The number of fused-ring (bicyclic) bond motifs is 1. The van der Waals surface area contributed by atoms with Crippen molar-refractivity contribution in [3.05, 3.63) is 53.2 Å². The van der Waals surface area contributed by atoms with E-state index in [4.69, 9.17) is 4.98 Å². The third kappa shape index (κ3) is 3.05. The number of hydrogen-bond acceptors (Lipinski definition) is 4. The molecule has 3 nitrogen and oxygen atoms in total. The first-order chi connectivity index (χ1) is 10.3. The van der Waals surface area contributed by atoms with Gasteiger partial charge in [-0.2, -0.15) is 0 Å². The van der Waals surface area contributed by atoms with Crippen LogP contribution in [-0.2, 0) is 6.54 Å². The van der Waals surface area contributed by atoms with E-state index in [9.17, 15) is 0 Å². The molecule has 0 saturated heterocycles. The van der Waals surface area contributed by atoms with Gasteiger partial charge in [0.25, 0.3) is 0 Å². The van der Waals surface area contributed by atoms with Crippen LogP contribution in [0.5, 0.6) is 0 Å². The summed E-state index contributed by atoms with van der Waals surface area (Å²) in [7, 11) is 0. The molecule has 2 aromatic heterocycles. The maximum Gasteiger partial charge on any atom is 0.148 e. The Morgan fingerprint density at radius 1 is 1.14 bits per heavy atom. The molecule has 108 valence electrons. The smallest absolute Gasteiger partial charge is 0.148 e. The molecule has 1 unspecified atom stereocenters. The van der Waals surface area contributed by atoms with Crippen molar-refractivity contribution >= 4 is 27.4 Å². The van der Waals surface area contributed by atoms with E-state index in [1.54, 1.807) is 11.3 Å². The number of nitrogens with one attached hydrogen (secondary N) is 1. The number of aromatic nitrogens is 2. The average molecular weight is 297 g/mol. The predicted molar refractivity (Wildman–Crippen MR) is 89.9 cm³/mol. The molecule has 1 atom stereocenters. The third-order valence-electron chi connectivity index (χ3n) is 3.68. The quantitative estimate of drug-likeness (QED) is 0.734. The molecule has 4 heteroatoms. The van der Waals surface area contributed by atoms with Crippen molar-refractivity contribution in [1.29, 1.82) is 0 Å². The summed E-state index contributed by atoms with van der Waals surface area (Å²) in [6, 6.07) is 12.5. The molecule has 2 heterocycles. The van der Waals surface area contributed by atoms with Crippen molar-refractivity contribution in [2.24, 2.45) is 0 Å². The maximum atomic E-state index is 4.75. The lowest BCUT2D eigenvalue weighted by molar-refractivity contribution is 0.684. The summed E-state index contributed by atoms with van der Waals surface area (Å²) >= 11 is 1.69. The molecule has 0 bridgehead atoms. The first kappa shape index (κ1) is 14.0. The number of rotatable bonds is 5. The van der Waals surface area contributed by atoms with Gasteiger partial charge in [0.2, 0.25) is 0 Å². The average Bonchev–Trinajstić information content (AvgIpc) is 3.01. The van der Waals surface area contributed by atoms with Gasteiger partial charge in [-0.1, -0.05) is 44.2 Å². The molecular formula is C17H19N3S. The van der Waals surface area contributed by atoms with Gasteiger partial charge < -0.3 is 5.32 Å². The molecule has 3 aromatic rings. The van der Waals surface area contributed by atoms with Crippen molar-refractivity contribution in [2.75, 3.05) is 5.32 Å². The van der Waals surface area contributed by atoms with Crippen LogP contribution in [0.3, 0.4) is 0 Å². The number of hydrogen-bond donors (Lipinski definition) is 1. The van der Waals surface area contributed by atoms with Gasteiger partial charge in [-0.3, -0.25) is 0 Å². The lowest BCUT2D eigenvalue weighted by Gasteiger charge is -2.11. The summed E-state index contributed by atoms with van der Waals surface area (Å²) < 4.78 is 1.14. The lowest BCUT2D eigenvalue weighted by atomic mass is 10.1. The van der Waals surface area contributed by atoms with E-state index in [0.717, 1.165) is 34.8 Å². The highest BCUT2D eigenvalue weighted by atomic mass is 32.1. The van der Waals surface area contributed by atoms with E-state index >= 15 is 0 Å². The summed E-state index contributed by atoms with van der Waals surface area (Å²) in [6.07, 6.45) is 1.05. The molecule has 0 aliphatic heterocycles. The molecule has 1 N–H and O–H groups in total. The molecule has 0 radical (unpaired) electrons. The summed E-state index contributed by atoms with van der Waals surface area (Å²) in [5.41, 5.74) is 2.30. The molecular weight excluding hydrogens is 278 g/mol. The van der Waals surface area contributed by atoms with Gasteiger partial charge in [-0.25, -0.2) is 9.97 Å². The Bertz CT molecular complexity index is 721. The molecule has 1 aromatic carbocycles.